The van der Waals surface area contributed by atoms with Gasteiger partial charge in [-0.25, -0.2) is 17.5 Å². The molecule has 0 radical (unpaired) electrons. The fourth-order valence-electron chi connectivity index (χ4n) is 1.13. The van der Waals surface area contributed by atoms with Crippen LogP contribution in [0.3, 0.4) is 0 Å². The number of sulfonamides is 1. The third kappa shape index (κ3) is 3.93. The van der Waals surface area contributed by atoms with Crippen LogP contribution in [0.1, 0.15) is 6.42 Å². The van der Waals surface area contributed by atoms with E-state index in [-0.39, 0.29) is 18.8 Å². The van der Waals surface area contributed by atoms with E-state index in [0.29, 0.717) is 4.47 Å². The van der Waals surface area contributed by atoms with Crippen LogP contribution in [0.2, 0.25) is 0 Å². The van der Waals surface area contributed by atoms with E-state index in [9.17, 15) is 12.8 Å². The lowest BCUT2D eigenvalue weighted by Gasteiger charge is -2.07. The highest BCUT2D eigenvalue weighted by Gasteiger charge is 2.18. The van der Waals surface area contributed by atoms with E-state index < -0.39 is 20.7 Å². The van der Waals surface area contributed by atoms with Crippen molar-refractivity contribution in [3.8, 4) is 0 Å². The molecule has 0 unspecified atom stereocenters. The molecular formula is C9H11BrFN3O3S. The highest BCUT2D eigenvalue weighted by molar-refractivity contribution is 9.10. The third-order valence-corrected chi connectivity index (χ3v) is 3.97. The fourth-order valence-corrected chi connectivity index (χ4v) is 2.56. The third-order valence-electron chi connectivity index (χ3n) is 1.99. The second-order valence-electron chi connectivity index (χ2n) is 3.31. The van der Waals surface area contributed by atoms with Gasteiger partial charge in [-0.1, -0.05) is 21.1 Å². The SMILES string of the molecule is N/C(CCNS(=O)(=O)c1ccc(Br)cc1F)=N/O. The van der Waals surface area contributed by atoms with Gasteiger partial charge in [0.2, 0.25) is 10.0 Å². The zero-order valence-electron chi connectivity index (χ0n) is 9.10. The number of rotatable bonds is 5. The number of benzene rings is 1. The Labute approximate surface area is 112 Å². The molecule has 100 valence electrons. The zero-order chi connectivity index (χ0) is 13.8. The number of nitrogens with zero attached hydrogens (tertiary/aromatic N) is 1. The largest absolute Gasteiger partial charge is 0.409 e. The van der Waals surface area contributed by atoms with E-state index in [1.54, 1.807) is 0 Å². The Morgan fingerprint density at radius 3 is 2.78 bits per heavy atom. The van der Waals surface area contributed by atoms with Gasteiger partial charge in [-0.3, -0.25) is 0 Å². The molecule has 1 aromatic rings. The summed E-state index contributed by atoms with van der Waals surface area (Å²) in [6.07, 6.45) is 0.0217. The number of hydrogen-bond donors (Lipinski definition) is 3. The lowest BCUT2D eigenvalue weighted by Crippen LogP contribution is -2.28. The van der Waals surface area contributed by atoms with Gasteiger partial charge in [0.05, 0.1) is 0 Å². The van der Waals surface area contributed by atoms with E-state index in [0.717, 1.165) is 12.1 Å². The van der Waals surface area contributed by atoms with E-state index in [2.05, 4.69) is 25.8 Å². The molecule has 0 saturated heterocycles. The minimum atomic E-state index is -3.95. The molecule has 0 saturated carbocycles. The number of oxime groups is 1. The first-order valence-corrected chi connectivity index (χ1v) is 7.05. The molecule has 1 rings (SSSR count). The van der Waals surface area contributed by atoms with Crippen molar-refractivity contribution in [3.63, 3.8) is 0 Å². The lowest BCUT2D eigenvalue weighted by atomic mass is 10.3. The van der Waals surface area contributed by atoms with Gasteiger partial charge < -0.3 is 10.9 Å². The Hall–Kier alpha value is -1.19. The molecule has 9 heteroatoms. The molecule has 4 N–H and O–H groups in total. The predicted octanol–water partition coefficient (Wildman–Crippen LogP) is 1.00. The molecule has 0 fully saturated rings. The summed E-state index contributed by atoms with van der Waals surface area (Å²) in [6, 6.07) is 3.62. The van der Waals surface area contributed by atoms with Crippen molar-refractivity contribution in [3.05, 3.63) is 28.5 Å². The van der Waals surface area contributed by atoms with Crippen LogP contribution >= 0.6 is 15.9 Å². The first-order chi connectivity index (χ1) is 8.36. The van der Waals surface area contributed by atoms with Gasteiger partial charge in [-0.2, -0.15) is 0 Å². The molecule has 18 heavy (non-hydrogen) atoms. The molecule has 0 aromatic heterocycles. The van der Waals surface area contributed by atoms with Crippen molar-refractivity contribution >= 4 is 31.8 Å². The Bertz CT molecular complexity index is 562. The maximum Gasteiger partial charge on any atom is 0.243 e. The molecule has 1 aromatic carbocycles. The summed E-state index contributed by atoms with van der Waals surface area (Å²) >= 11 is 3.03. The van der Waals surface area contributed by atoms with E-state index in [1.165, 1.54) is 6.07 Å². The van der Waals surface area contributed by atoms with Gasteiger partial charge in [0.15, 0.2) is 0 Å². The van der Waals surface area contributed by atoms with Crippen molar-refractivity contribution in [1.82, 2.24) is 4.72 Å². The summed E-state index contributed by atoms with van der Waals surface area (Å²) in [5.41, 5.74) is 5.18. The summed E-state index contributed by atoms with van der Waals surface area (Å²) < 4.78 is 39.5. The topological polar surface area (TPSA) is 105 Å². The normalized spacial score (nSPS) is 12.7. The fraction of sp³-hybridized carbons (Fsp3) is 0.222. The molecule has 0 spiro atoms. The van der Waals surface area contributed by atoms with E-state index in [1.807, 2.05) is 0 Å². The Morgan fingerprint density at radius 2 is 2.22 bits per heavy atom. The molecular weight excluding hydrogens is 329 g/mol. The summed E-state index contributed by atoms with van der Waals surface area (Å²) in [4.78, 5) is -0.454. The number of halogens is 2. The van der Waals surface area contributed by atoms with Crippen LogP contribution in [-0.4, -0.2) is 26.0 Å². The molecule has 0 aliphatic carbocycles. The molecule has 6 nitrogen and oxygen atoms in total. The van der Waals surface area contributed by atoms with Crippen molar-refractivity contribution in [2.24, 2.45) is 10.9 Å². The highest BCUT2D eigenvalue weighted by atomic mass is 79.9. The van der Waals surface area contributed by atoms with Crippen molar-refractivity contribution < 1.29 is 18.0 Å². The van der Waals surface area contributed by atoms with Crippen molar-refractivity contribution in [1.29, 1.82) is 0 Å². The van der Waals surface area contributed by atoms with Crippen LogP contribution in [0.4, 0.5) is 4.39 Å². The Morgan fingerprint density at radius 1 is 1.56 bits per heavy atom. The van der Waals surface area contributed by atoms with Crippen LogP contribution in [0.5, 0.6) is 0 Å². The summed E-state index contributed by atoms with van der Waals surface area (Å²) in [7, 11) is -3.95. The van der Waals surface area contributed by atoms with E-state index in [4.69, 9.17) is 10.9 Å². The highest BCUT2D eigenvalue weighted by Crippen LogP contribution is 2.19. The van der Waals surface area contributed by atoms with Gasteiger partial charge in [-0.05, 0) is 18.2 Å². The van der Waals surface area contributed by atoms with Gasteiger partial charge in [0.25, 0.3) is 0 Å². The van der Waals surface area contributed by atoms with E-state index >= 15 is 0 Å². The second-order valence-corrected chi connectivity index (χ2v) is 5.96. The molecule has 0 bridgehead atoms. The monoisotopic (exact) mass is 339 g/mol. The predicted molar refractivity (Wildman–Crippen MR) is 67.3 cm³/mol. The Balaban J connectivity index is 2.81. The van der Waals surface area contributed by atoms with Gasteiger partial charge in [0.1, 0.15) is 16.5 Å². The van der Waals surface area contributed by atoms with Crippen molar-refractivity contribution in [2.45, 2.75) is 11.3 Å². The lowest BCUT2D eigenvalue weighted by molar-refractivity contribution is 0.317. The maximum atomic E-state index is 13.5. The number of amidine groups is 1. The Kier molecular flexibility index (Phi) is 5.05. The van der Waals surface area contributed by atoms with Gasteiger partial charge >= 0.3 is 0 Å². The average molecular weight is 340 g/mol. The maximum absolute atomic E-state index is 13.5. The first-order valence-electron chi connectivity index (χ1n) is 4.78. The van der Waals surface area contributed by atoms with Gasteiger partial charge in [0, 0.05) is 17.4 Å². The number of nitrogens with two attached hydrogens (primary N) is 1. The second kappa shape index (κ2) is 6.12. The first kappa shape index (κ1) is 14.9. The van der Waals surface area contributed by atoms with Crippen LogP contribution in [0.25, 0.3) is 0 Å². The minimum absolute atomic E-state index is 0.0217. The smallest absolute Gasteiger partial charge is 0.243 e. The van der Waals surface area contributed by atoms with Gasteiger partial charge in [-0.15, -0.1) is 0 Å². The number of nitrogens with one attached hydrogen (secondary N) is 1. The van der Waals surface area contributed by atoms with Crippen molar-refractivity contribution in [2.75, 3.05) is 6.54 Å². The number of hydrogen-bond acceptors (Lipinski definition) is 4. The standard InChI is InChI=1S/C9H11BrFN3O3S/c10-6-1-2-8(7(11)5-6)18(16,17)13-4-3-9(12)14-15/h1-2,5,13,15H,3-4H2,(H2,12,14). The molecule has 0 heterocycles. The minimum Gasteiger partial charge on any atom is -0.409 e. The van der Waals surface area contributed by atoms with Crippen LogP contribution in [0, 0.1) is 5.82 Å². The molecule has 0 aliphatic rings. The van der Waals surface area contributed by atoms with Crippen LogP contribution < -0.4 is 10.5 Å². The summed E-state index contributed by atoms with van der Waals surface area (Å²) in [5.74, 6) is -0.977. The van der Waals surface area contributed by atoms with Crippen LogP contribution in [0.15, 0.2) is 32.7 Å². The quantitative estimate of drug-likeness (QED) is 0.322. The average Bonchev–Trinajstić information content (AvgIpc) is 2.27. The zero-order valence-corrected chi connectivity index (χ0v) is 11.5. The summed E-state index contributed by atoms with van der Waals surface area (Å²) in [5, 5.41) is 11.0. The molecule has 0 atom stereocenters. The van der Waals surface area contributed by atoms with Crippen LogP contribution in [-0.2, 0) is 10.0 Å². The summed E-state index contributed by atoms with van der Waals surface area (Å²) in [6.45, 7) is -0.0896. The molecule has 0 aliphatic heterocycles. The molecule has 0 amide bonds.